The largest absolute Gasteiger partial charge is 0.339 e. The first kappa shape index (κ1) is 19.8. The summed E-state index contributed by atoms with van der Waals surface area (Å²) in [6.07, 6.45) is 6.54. The second kappa shape index (κ2) is 8.91. The van der Waals surface area contributed by atoms with Crippen LogP contribution in [0.3, 0.4) is 0 Å². The predicted molar refractivity (Wildman–Crippen MR) is 120 cm³/mol. The average Bonchev–Trinajstić information content (AvgIpc) is 2.80. The number of hydrogen-bond donors (Lipinski definition) is 1. The summed E-state index contributed by atoms with van der Waals surface area (Å²) in [6, 6.07) is 17.5. The van der Waals surface area contributed by atoms with Crippen molar-refractivity contribution in [2.75, 3.05) is 18.4 Å². The Bertz CT molecular complexity index is 1080. The number of pyridine rings is 1. The van der Waals surface area contributed by atoms with Crippen molar-refractivity contribution in [3.63, 3.8) is 0 Å². The van der Waals surface area contributed by atoms with Gasteiger partial charge in [-0.1, -0.05) is 36.4 Å². The van der Waals surface area contributed by atoms with Crippen LogP contribution in [0.5, 0.6) is 0 Å². The standard InChI is InChI=1S/C25H25N3O2/c1-18-9-11-22(21-8-5-15-26-24(18)21)27-25(30)20-13-16-28(17-14-20)23(29)12-10-19-6-3-2-4-7-19/h2-12,15,20H,13-14,16-17H2,1H3,(H,27,30)/b12-10-. The number of likely N-dealkylation sites (tertiary alicyclic amines) is 1. The fraction of sp³-hybridized carbons (Fsp3) is 0.240. The smallest absolute Gasteiger partial charge is 0.246 e. The summed E-state index contributed by atoms with van der Waals surface area (Å²) < 4.78 is 0. The summed E-state index contributed by atoms with van der Waals surface area (Å²) >= 11 is 0. The molecular formula is C25H25N3O2. The van der Waals surface area contributed by atoms with E-state index in [1.807, 2.05) is 72.5 Å². The molecular weight excluding hydrogens is 374 g/mol. The van der Waals surface area contributed by atoms with E-state index in [1.165, 1.54) is 0 Å². The number of amides is 2. The highest BCUT2D eigenvalue weighted by atomic mass is 16.2. The number of piperidine rings is 1. The number of fused-ring (bicyclic) bond motifs is 1. The molecule has 152 valence electrons. The molecule has 3 aromatic rings. The van der Waals surface area contributed by atoms with Crippen molar-refractivity contribution in [3.05, 3.63) is 78.0 Å². The molecule has 1 saturated heterocycles. The maximum absolute atomic E-state index is 12.8. The summed E-state index contributed by atoms with van der Waals surface area (Å²) in [5.41, 5.74) is 3.78. The number of hydrogen-bond acceptors (Lipinski definition) is 3. The molecule has 5 heteroatoms. The quantitative estimate of drug-likeness (QED) is 0.660. The van der Waals surface area contributed by atoms with E-state index < -0.39 is 0 Å². The minimum absolute atomic E-state index is 0.00619. The van der Waals surface area contributed by atoms with Gasteiger partial charge in [-0.15, -0.1) is 0 Å². The molecule has 1 aliphatic rings. The van der Waals surface area contributed by atoms with E-state index in [0.29, 0.717) is 25.9 Å². The number of aromatic nitrogens is 1. The van der Waals surface area contributed by atoms with Gasteiger partial charge in [0, 0.05) is 36.7 Å². The van der Waals surface area contributed by atoms with Crippen molar-refractivity contribution in [1.29, 1.82) is 0 Å². The lowest BCUT2D eigenvalue weighted by molar-refractivity contribution is -0.130. The van der Waals surface area contributed by atoms with Gasteiger partial charge in [-0.25, -0.2) is 0 Å². The summed E-state index contributed by atoms with van der Waals surface area (Å²) in [7, 11) is 0. The predicted octanol–water partition coefficient (Wildman–Crippen LogP) is 4.43. The molecule has 1 fully saturated rings. The van der Waals surface area contributed by atoms with Crippen LogP contribution in [-0.2, 0) is 9.59 Å². The van der Waals surface area contributed by atoms with Gasteiger partial charge in [0.2, 0.25) is 11.8 Å². The highest BCUT2D eigenvalue weighted by Crippen LogP contribution is 2.26. The van der Waals surface area contributed by atoms with Crippen LogP contribution in [-0.4, -0.2) is 34.8 Å². The van der Waals surface area contributed by atoms with Gasteiger partial charge >= 0.3 is 0 Å². The maximum atomic E-state index is 12.8. The number of carbonyl (C=O) groups is 2. The van der Waals surface area contributed by atoms with E-state index in [9.17, 15) is 9.59 Å². The van der Waals surface area contributed by atoms with Crippen LogP contribution in [0.2, 0.25) is 0 Å². The Morgan fingerprint density at radius 3 is 2.57 bits per heavy atom. The molecule has 0 bridgehead atoms. The van der Waals surface area contributed by atoms with Crippen molar-refractivity contribution in [1.82, 2.24) is 9.88 Å². The Hall–Kier alpha value is -3.47. The van der Waals surface area contributed by atoms with Crippen molar-refractivity contribution >= 4 is 34.5 Å². The normalized spacial score (nSPS) is 14.9. The highest BCUT2D eigenvalue weighted by Gasteiger charge is 2.27. The molecule has 0 aliphatic carbocycles. The maximum Gasteiger partial charge on any atom is 0.246 e. The molecule has 1 aromatic heterocycles. The first-order valence-electron chi connectivity index (χ1n) is 10.3. The third-order valence-corrected chi connectivity index (χ3v) is 5.62. The Morgan fingerprint density at radius 2 is 1.80 bits per heavy atom. The molecule has 2 heterocycles. The van der Waals surface area contributed by atoms with Gasteiger partial charge in [0.15, 0.2) is 0 Å². The van der Waals surface area contributed by atoms with Gasteiger partial charge in [0.1, 0.15) is 0 Å². The number of aryl methyl sites for hydroxylation is 1. The van der Waals surface area contributed by atoms with E-state index >= 15 is 0 Å². The first-order chi connectivity index (χ1) is 14.6. The molecule has 0 saturated carbocycles. The second-order valence-electron chi connectivity index (χ2n) is 7.66. The summed E-state index contributed by atoms with van der Waals surface area (Å²) in [5.74, 6) is -0.0931. The van der Waals surface area contributed by atoms with Crippen LogP contribution in [0, 0.1) is 12.8 Å². The number of nitrogens with one attached hydrogen (secondary N) is 1. The molecule has 0 radical (unpaired) electrons. The summed E-state index contributed by atoms with van der Waals surface area (Å²) in [6.45, 7) is 3.19. The van der Waals surface area contributed by atoms with Crippen LogP contribution in [0.25, 0.3) is 17.0 Å². The molecule has 2 amide bonds. The van der Waals surface area contributed by atoms with Gasteiger partial charge < -0.3 is 10.2 Å². The molecule has 1 aliphatic heterocycles. The number of rotatable bonds is 4. The first-order valence-corrected chi connectivity index (χ1v) is 10.3. The zero-order valence-electron chi connectivity index (χ0n) is 17.0. The van der Waals surface area contributed by atoms with E-state index in [-0.39, 0.29) is 17.7 Å². The molecule has 30 heavy (non-hydrogen) atoms. The Balaban J connectivity index is 1.35. The average molecular weight is 399 g/mol. The van der Waals surface area contributed by atoms with Crippen LogP contribution >= 0.6 is 0 Å². The molecule has 4 rings (SSSR count). The molecule has 1 N–H and O–H groups in total. The monoisotopic (exact) mass is 399 g/mol. The van der Waals surface area contributed by atoms with Gasteiger partial charge in [-0.2, -0.15) is 0 Å². The summed E-state index contributed by atoms with van der Waals surface area (Å²) in [5, 5.41) is 4.02. The fourth-order valence-corrected chi connectivity index (χ4v) is 3.86. The van der Waals surface area contributed by atoms with Crippen LogP contribution < -0.4 is 5.32 Å². The molecule has 0 unspecified atom stereocenters. The zero-order chi connectivity index (χ0) is 20.9. The SMILES string of the molecule is Cc1ccc(NC(=O)C2CCN(C(=O)/C=C\c3ccccc3)CC2)c2cccnc12. The third kappa shape index (κ3) is 4.40. The second-order valence-corrected chi connectivity index (χ2v) is 7.66. The Morgan fingerprint density at radius 1 is 1.03 bits per heavy atom. The highest BCUT2D eigenvalue weighted by molar-refractivity contribution is 6.02. The topological polar surface area (TPSA) is 62.3 Å². The minimum atomic E-state index is -0.0971. The Kier molecular flexibility index (Phi) is 5.89. The number of benzene rings is 2. The molecule has 0 spiro atoms. The van der Waals surface area contributed by atoms with E-state index in [4.69, 9.17) is 0 Å². The van der Waals surface area contributed by atoms with Crippen LogP contribution in [0.4, 0.5) is 5.69 Å². The van der Waals surface area contributed by atoms with Crippen molar-refractivity contribution in [2.24, 2.45) is 5.92 Å². The Labute approximate surface area is 176 Å². The third-order valence-electron chi connectivity index (χ3n) is 5.62. The number of anilines is 1. The minimum Gasteiger partial charge on any atom is -0.339 e. The molecule has 0 atom stereocenters. The van der Waals surface area contributed by atoms with Crippen molar-refractivity contribution in [3.8, 4) is 0 Å². The lowest BCUT2D eigenvalue weighted by atomic mass is 9.95. The van der Waals surface area contributed by atoms with Crippen molar-refractivity contribution in [2.45, 2.75) is 19.8 Å². The summed E-state index contributed by atoms with van der Waals surface area (Å²) in [4.78, 5) is 31.5. The van der Waals surface area contributed by atoms with E-state index in [1.54, 1.807) is 12.3 Å². The molecule has 5 nitrogen and oxygen atoms in total. The van der Waals surface area contributed by atoms with Gasteiger partial charge in [-0.3, -0.25) is 14.6 Å². The molecule has 2 aromatic carbocycles. The van der Waals surface area contributed by atoms with Crippen molar-refractivity contribution < 1.29 is 9.59 Å². The number of carbonyl (C=O) groups excluding carboxylic acids is 2. The van der Waals surface area contributed by atoms with E-state index in [2.05, 4.69) is 10.3 Å². The van der Waals surface area contributed by atoms with Gasteiger partial charge in [-0.05, 0) is 55.2 Å². The van der Waals surface area contributed by atoms with Gasteiger partial charge in [0.05, 0.1) is 11.2 Å². The van der Waals surface area contributed by atoms with Gasteiger partial charge in [0.25, 0.3) is 0 Å². The lowest BCUT2D eigenvalue weighted by Gasteiger charge is -2.30. The zero-order valence-corrected chi connectivity index (χ0v) is 17.0. The number of nitrogens with zero attached hydrogens (tertiary/aromatic N) is 2. The fourth-order valence-electron chi connectivity index (χ4n) is 3.86. The van der Waals surface area contributed by atoms with E-state index in [0.717, 1.165) is 27.7 Å². The van der Waals surface area contributed by atoms with Crippen LogP contribution in [0.15, 0.2) is 66.9 Å². The van der Waals surface area contributed by atoms with Crippen LogP contribution in [0.1, 0.15) is 24.0 Å². The lowest BCUT2D eigenvalue weighted by Crippen LogP contribution is -2.40.